The largest absolute Gasteiger partial charge is 0.370 e. The molecule has 0 aliphatic carbocycles. The molecule has 0 saturated carbocycles. The molecule has 0 atom stereocenters. The topological polar surface area (TPSA) is 50.7 Å². The minimum atomic E-state index is 0.721. The monoisotopic (exact) mass is 278 g/mol. The highest BCUT2D eigenvalue weighted by molar-refractivity contribution is 5.94. The van der Waals surface area contributed by atoms with E-state index in [-0.39, 0.29) is 0 Å². The van der Waals surface area contributed by atoms with E-state index in [0.717, 1.165) is 45.8 Å². The minimum absolute atomic E-state index is 0.721. The zero-order valence-electron chi connectivity index (χ0n) is 12.5. The van der Waals surface area contributed by atoms with E-state index in [0.29, 0.717) is 0 Å². The maximum absolute atomic E-state index is 4.68. The number of hydrogen-bond acceptors (Lipinski definition) is 4. The Bertz CT molecular complexity index is 791. The van der Waals surface area contributed by atoms with Gasteiger partial charge < -0.3 is 5.32 Å². The molecule has 0 amide bonds. The maximum atomic E-state index is 4.68. The molecule has 0 spiro atoms. The first-order valence-corrected chi connectivity index (χ1v) is 7.13. The number of pyridine rings is 1. The highest BCUT2D eigenvalue weighted by Crippen LogP contribution is 2.27. The van der Waals surface area contributed by atoms with Gasteiger partial charge in [-0.2, -0.15) is 0 Å². The van der Waals surface area contributed by atoms with E-state index in [1.807, 2.05) is 38.4 Å². The van der Waals surface area contributed by atoms with Crippen LogP contribution in [-0.4, -0.2) is 21.5 Å². The molecule has 0 fully saturated rings. The van der Waals surface area contributed by atoms with Gasteiger partial charge in [-0.05, 0) is 26.2 Å². The molecule has 1 N–H and O–H groups in total. The number of nitrogens with one attached hydrogen (secondary N) is 1. The predicted molar refractivity (Wildman–Crippen MR) is 86.4 cm³/mol. The van der Waals surface area contributed by atoms with Gasteiger partial charge in [0.2, 0.25) is 0 Å². The van der Waals surface area contributed by atoms with Gasteiger partial charge in [0.05, 0.1) is 0 Å². The summed E-state index contributed by atoms with van der Waals surface area (Å²) in [6.45, 7) is 6.96. The number of anilines is 1. The van der Waals surface area contributed by atoms with Gasteiger partial charge in [-0.3, -0.25) is 4.98 Å². The second kappa shape index (κ2) is 5.48. The van der Waals surface area contributed by atoms with Crippen LogP contribution in [0.3, 0.4) is 0 Å². The Morgan fingerprint density at radius 2 is 1.86 bits per heavy atom. The highest BCUT2D eigenvalue weighted by atomic mass is 15.0. The molecular weight excluding hydrogens is 260 g/mol. The summed E-state index contributed by atoms with van der Waals surface area (Å²) in [5, 5.41) is 5.53. The molecule has 4 heteroatoms. The summed E-state index contributed by atoms with van der Waals surface area (Å²) in [6, 6.07) is 8.17. The van der Waals surface area contributed by atoms with Crippen LogP contribution >= 0.6 is 0 Å². The van der Waals surface area contributed by atoms with E-state index in [9.17, 15) is 0 Å². The van der Waals surface area contributed by atoms with Crippen LogP contribution in [0.4, 0.5) is 5.82 Å². The zero-order valence-corrected chi connectivity index (χ0v) is 12.5. The van der Waals surface area contributed by atoms with Gasteiger partial charge >= 0.3 is 0 Å². The quantitative estimate of drug-likeness (QED) is 0.793. The van der Waals surface area contributed by atoms with Crippen LogP contribution < -0.4 is 5.32 Å². The summed E-state index contributed by atoms with van der Waals surface area (Å²) < 4.78 is 0. The summed E-state index contributed by atoms with van der Waals surface area (Å²) in [5.41, 5.74) is 3.05. The number of nitrogens with zero attached hydrogens (tertiary/aromatic N) is 3. The third kappa shape index (κ3) is 2.44. The van der Waals surface area contributed by atoms with E-state index in [1.165, 1.54) is 0 Å². The first-order chi connectivity index (χ1) is 10.2. The normalized spacial score (nSPS) is 10.8. The van der Waals surface area contributed by atoms with Crippen molar-refractivity contribution >= 4 is 16.6 Å². The maximum Gasteiger partial charge on any atom is 0.163 e. The van der Waals surface area contributed by atoms with Crippen molar-refractivity contribution < 1.29 is 0 Å². The molecule has 21 heavy (non-hydrogen) atoms. The first-order valence-electron chi connectivity index (χ1n) is 7.13. The molecule has 2 heterocycles. The Labute approximate surface area is 124 Å². The minimum Gasteiger partial charge on any atom is -0.370 e. The van der Waals surface area contributed by atoms with Crippen LogP contribution in [0.2, 0.25) is 0 Å². The predicted octanol–water partition coefficient (Wildman–Crippen LogP) is 3.74. The summed E-state index contributed by atoms with van der Waals surface area (Å²) in [4.78, 5) is 13.6. The molecule has 0 aliphatic rings. The van der Waals surface area contributed by atoms with E-state index in [2.05, 4.69) is 39.3 Å². The van der Waals surface area contributed by atoms with Crippen LogP contribution in [-0.2, 0) is 0 Å². The van der Waals surface area contributed by atoms with Crippen molar-refractivity contribution in [1.82, 2.24) is 15.0 Å². The molecule has 0 radical (unpaired) electrons. The molecule has 106 valence electrons. The lowest BCUT2D eigenvalue weighted by Gasteiger charge is -2.12. The first kappa shape index (κ1) is 13.5. The third-order valence-corrected chi connectivity index (χ3v) is 3.64. The molecule has 0 bridgehead atoms. The van der Waals surface area contributed by atoms with Crippen molar-refractivity contribution in [3.8, 4) is 11.4 Å². The summed E-state index contributed by atoms with van der Waals surface area (Å²) in [5.74, 6) is 1.62. The summed E-state index contributed by atoms with van der Waals surface area (Å²) >= 11 is 0. The Kier molecular flexibility index (Phi) is 3.52. The van der Waals surface area contributed by atoms with Crippen molar-refractivity contribution in [2.24, 2.45) is 0 Å². The summed E-state index contributed by atoms with van der Waals surface area (Å²) in [7, 11) is 0. The Morgan fingerprint density at radius 1 is 1.05 bits per heavy atom. The highest BCUT2D eigenvalue weighted by Gasteiger charge is 2.11. The van der Waals surface area contributed by atoms with Gasteiger partial charge in [-0.15, -0.1) is 0 Å². The zero-order chi connectivity index (χ0) is 14.8. The molecule has 4 nitrogen and oxygen atoms in total. The lowest BCUT2D eigenvalue weighted by molar-refractivity contribution is 1.05. The van der Waals surface area contributed by atoms with Crippen molar-refractivity contribution in [2.45, 2.75) is 20.8 Å². The van der Waals surface area contributed by atoms with E-state index in [4.69, 9.17) is 0 Å². The molecule has 0 unspecified atom stereocenters. The smallest absolute Gasteiger partial charge is 0.163 e. The van der Waals surface area contributed by atoms with Gasteiger partial charge in [0.1, 0.15) is 5.82 Å². The standard InChI is InChI=1S/C17H18N4/c1-4-19-16-11(2)12(3)20-17(21-16)15-10-18-9-13-7-5-6-8-14(13)15/h5-10H,4H2,1-3H3,(H,19,20,21). The number of aromatic nitrogens is 3. The van der Waals surface area contributed by atoms with Crippen LogP contribution in [0.25, 0.3) is 22.2 Å². The van der Waals surface area contributed by atoms with Crippen LogP contribution in [0, 0.1) is 13.8 Å². The second-order valence-corrected chi connectivity index (χ2v) is 5.04. The van der Waals surface area contributed by atoms with Crippen LogP contribution in [0.1, 0.15) is 18.2 Å². The molecule has 3 rings (SSSR count). The van der Waals surface area contributed by atoms with Crippen LogP contribution in [0.15, 0.2) is 36.7 Å². The van der Waals surface area contributed by atoms with E-state index >= 15 is 0 Å². The second-order valence-electron chi connectivity index (χ2n) is 5.04. The molecule has 0 aliphatic heterocycles. The number of fused-ring (bicyclic) bond motifs is 1. The van der Waals surface area contributed by atoms with Gasteiger partial charge in [0.15, 0.2) is 5.82 Å². The van der Waals surface area contributed by atoms with Crippen LogP contribution in [0.5, 0.6) is 0 Å². The van der Waals surface area contributed by atoms with Gasteiger partial charge in [-0.25, -0.2) is 9.97 Å². The van der Waals surface area contributed by atoms with E-state index < -0.39 is 0 Å². The third-order valence-electron chi connectivity index (χ3n) is 3.64. The lowest BCUT2D eigenvalue weighted by atomic mass is 10.1. The molecule has 3 aromatic rings. The Hall–Kier alpha value is -2.49. The average Bonchev–Trinajstić information content (AvgIpc) is 2.51. The number of aryl methyl sites for hydroxylation is 1. The fourth-order valence-corrected chi connectivity index (χ4v) is 2.38. The Morgan fingerprint density at radius 3 is 2.67 bits per heavy atom. The molecule has 2 aromatic heterocycles. The lowest BCUT2D eigenvalue weighted by Crippen LogP contribution is -2.06. The van der Waals surface area contributed by atoms with Crippen molar-refractivity contribution in [1.29, 1.82) is 0 Å². The van der Waals surface area contributed by atoms with Crippen molar-refractivity contribution in [2.75, 3.05) is 11.9 Å². The van der Waals surface area contributed by atoms with Crippen molar-refractivity contribution in [3.63, 3.8) is 0 Å². The number of benzene rings is 1. The average molecular weight is 278 g/mol. The SMILES string of the molecule is CCNc1nc(-c2cncc3ccccc23)nc(C)c1C. The van der Waals surface area contributed by atoms with Gasteiger partial charge in [0, 0.05) is 41.1 Å². The fraction of sp³-hybridized carbons (Fsp3) is 0.235. The van der Waals surface area contributed by atoms with Crippen molar-refractivity contribution in [3.05, 3.63) is 47.9 Å². The number of rotatable bonds is 3. The molecular formula is C17H18N4. The molecule has 1 aromatic carbocycles. The molecule has 0 saturated heterocycles. The Balaban J connectivity index is 2.23. The van der Waals surface area contributed by atoms with Gasteiger partial charge in [0.25, 0.3) is 0 Å². The van der Waals surface area contributed by atoms with Gasteiger partial charge in [-0.1, -0.05) is 24.3 Å². The summed E-state index contributed by atoms with van der Waals surface area (Å²) in [6.07, 6.45) is 3.70. The van der Waals surface area contributed by atoms with E-state index in [1.54, 1.807) is 0 Å². The number of hydrogen-bond donors (Lipinski definition) is 1. The fourth-order valence-electron chi connectivity index (χ4n) is 2.38.